The molecule has 1 atom stereocenters. The van der Waals surface area contributed by atoms with Crippen LogP contribution >= 0.6 is 0 Å². The third-order valence-corrected chi connectivity index (χ3v) is 4.59. The van der Waals surface area contributed by atoms with E-state index >= 15 is 0 Å². The Kier molecular flexibility index (Phi) is 5.12. The van der Waals surface area contributed by atoms with Gasteiger partial charge in [-0.05, 0) is 55.8 Å². The normalized spacial score (nSPS) is 17.3. The molecule has 1 heterocycles. The number of methoxy groups -OCH3 is 1. The van der Waals surface area contributed by atoms with E-state index in [2.05, 4.69) is 48.3 Å². The van der Waals surface area contributed by atoms with Crippen molar-refractivity contribution in [2.45, 2.75) is 19.9 Å². The first kappa shape index (κ1) is 17.1. The zero-order valence-corrected chi connectivity index (χ0v) is 15.0. The lowest BCUT2D eigenvalue weighted by atomic mass is 10.1. The van der Waals surface area contributed by atoms with Crippen molar-refractivity contribution in [3.05, 3.63) is 54.1 Å². The number of piperazine rings is 1. The average molecular weight is 339 g/mol. The van der Waals surface area contributed by atoms with Crippen LogP contribution in [-0.2, 0) is 0 Å². The van der Waals surface area contributed by atoms with Gasteiger partial charge >= 0.3 is 6.03 Å². The van der Waals surface area contributed by atoms with E-state index in [-0.39, 0.29) is 12.1 Å². The van der Waals surface area contributed by atoms with Gasteiger partial charge < -0.3 is 19.9 Å². The van der Waals surface area contributed by atoms with E-state index in [9.17, 15) is 4.79 Å². The second-order valence-corrected chi connectivity index (χ2v) is 6.49. The molecule has 5 nitrogen and oxygen atoms in total. The summed E-state index contributed by atoms with van der Waals surface area (Å²) in [5.41, 5.74) is 3.26. The summed E-state index contributed by atoms with van der Waals surface area (Å²) in [7, 11) is 1.63. The van der Waals surface area contributed by atoms with Gasteiger partial charge in [-0.3, -0.25) is 0 Å². The van der Waals surface area contributed by atoms with Gasteiger partial charge in [0.05, 0.1) is 7.11 Å². The van der Waals surface area contributed by atoms with Crippen molar-refractivity contribution < 1.29 is 9.53 Å². The number of hydrogen-bond acceptors (Lipinski definition) is 3. The first-order valence-corrected chi connectivity index (χ1v) is 8.60. The van der Waals surface area contributed by atoms with Gasteiger partial charge in [-0.15, -0.1) is 0 Å². The Labute approximate surface area is 149 Å². The molecule has 1 saturated heterocycles. The van der Waals surface area contributed by atoms with Gasteiger partial charge in [0.15, 0.2) is 0 Å². The topological polar surface area (TPSA) is 44.8 Å². The van der Waals surface area contributed by atoms with E-state index in [1.165, 1.54) is 11.3 Å². The maximum Gasteiger partial charge on any atom is 0.321 e. The molecule has 1 aliphatic rings. The molecule has 5 heteroatoms. The highest BCUT2D eigenvalue weighted by Crippen LogP contribution is 2.22. The number of ether oxygens (including phenoxy) is 1. The summed E-state index contributed by atoms with van der Waals surface area (Å²) in [5.74, 6) is 0.776. The smallest absolute Gasteiger partial charge is 0.321 e. The largest absolute Gasteiger partial charge is 0.497 e. The number of carbonyl (C=O) groups is 1. The second-order valence-electron chi connectivity index (χ2n) is 6.49. The Bertz CT molecular complexity index is 730. The number of benzene rings is 2. The van der Waals surface area contributed by atoms with E-state index in [1.54, 1.807) is 7.11 Å². The van der Waals surface area contributed by atoms with E-state index in [0.717, 1.165) is 18.0 Å². The van der Waals surface area contributed by atoms with Gasteiger partial charge in [-0.2, -0.15) is 0 Å². The molecule has 0 spiro atoms. The lowest BCUT2D eigenvalue weighted by Crippen LogP contribution is -2.54. The van der Waals surface area contributed by atoms with Crippen LogP contribution in [-0.4, -0.2) is 43.7 Å². The van der Waals surface area contributed by atoms with Gasteiger partial charge in [0.2, 0.25) is 0 Å². The van der Waals surface area contributed by atoms with Crippen LogP contribution in [0.3, 0.4) is 0 Å². The van der Waals surface area contributed by atoms with Crippen molar-refractivity contribution >= 4 is 17.4 Å². The van der Waals surface area contributed by atoms with Crippen molar-refractivity contribution in [1.82, 2.24) is 4.90 Å². The van der Waals surface area contributed by atoms with Crippen LogP contribution in [0.25, 0.3) is 0 Å². The molecule has 0 aromatic heterocycles. The van der Waals surface area contributed by atoms with Crippen LogP contribution in [0.4, 0.5) is 16.2 Å². The van der Waals surface area contributed by atoms with E-state index in [0.29, 0.717) is 13.1 Å². The Balaban J connectivity index is 1.60. The quantitative estimate of drug-likeness (QED) is 0.926. The minimum Gasteiger partial charge on any atom is -0.497 e. The van der Waals surface area contributed by atoms with Gasteiger partial charge in [-0.25, -0.2) is 4.79 Å². The van der Waals surface area contributed by atoms with Gasteiger partial charge in [-0.1, -0.05) is 12.1 Å². The zero-order valence-electron chi connectivity index (χ0n) is 15.0. The number of amides is 2. The minimum absolute atomic E-state index is 0.0547. The molecule has 3 rings (SSSR count). The fraction of sp³-hybridized carbons (Fsp3) is 0.350. The van der Waals surface area contributed by atoms with E-state index < -0.39 is 0 Å². The Morgan fingerprint density at radius 1 is 1.16 bits per heavy atom. The molecule has 0 aliphatic carbocycles. The highest BCUT2D eigenvalue weighted by Gasteiger charge is 2.27. The number of rotatable bonds is 3. The fourth-order valence-corrected chi connectivity index (χ4v) is 3.21. The first-order chi connectivity index (χ1) is 12.1. The van der Waals surface area contributed by atoms with Crippen LogP contribution in [0.1, 0.15) is 12.5 Å². The zero-order chi connectivity index (χ0) is 17.8. The van der Waals surface area contributed by atoms with Crippen LogP contribution in [0.15, 0.2) is 48.5 Å². The number of aryl methyl sites for hydroxylation is 1. The third-order valence-electron chi connectivity index (χ3n) is 4.59. The molecule has 2 amide bonds. The van der Waals surface area contributed by atoms with Gasteiger partial charge in [0.25, 0.3) is 0 Å². The van der Waals surface area contributed by atoms with Crippen molar-refractivity contribution in [2.75, 3.05) is 37.0 Å². The molecule has 0 bridgehead atoms. The Morgan fingerprint density at radius 3 is 2.56 bits per heavy atom. The Morgan fingerprint density at radius 2 is 1.92 bits per heavy atom. The SMILES string of the molecule is COc1ccc(NC(=O)N2CCN(c3cccc(C)c3)C(C)C2)cc1. The summed E-state index contributed by atoms with van der Waals surface area (Å²) in [6, 6.07) is 16.1. The monoisotopic (exact) mass is 339 g/mol. The lowest BCUT2D eigenvalue weighted by Gasteiger charge is -2.41. The predicted molar refractivity (Wildman–Crippen MR) is 102 cm³/mol. The highest BCUT2D eigenvalue weighted by molar-refractivity contribution is 5.89. The number of hydrogen-bond donors (Lipinski definition) is 1. The molecule has 0 saturated carbocycles. The summed E-state index contributed by atoms with van der Waals surface area (Å²) in [4.78, 5) is 16.8. The molecule has 2 aromatic carbocycles. The van der Waals surface area contributed by atoms with Crippen molar-refractivity contribution in [3.63, 3.8) is 0 Å². The summed E-state index contributed by atoms with van der Waals surface area (Å²) in [6.45, 7) is 6.51. The summed E-state index contributed by atoms with van der Waals surface area (Å²) in [6.07, 6.45) is 0. The maximum absolute atomic E-state index is 12.5. The molecule has 0 radical (unpaired) electrons. The van der Waals surface area contributed by atoms with Crippen molar-refractivity contribution in [1.29, 1.82) is 0 Å². The number of anilines is 2. The fourth-order valence-electron chi connectivity index (χ4n) is 3.21. The summed E-state index contributed by atoms with van der Waals surface area (Å²) < 4.78 is 5.14. The molecule has 1 fully saturated rings. The molecule has 2 aromatic rings. The highest BCUT2D eigenvalue weighted by atomic mass is 16.5. The number of urea groups is 1. The van der Waals surface area contributed by atoms with E-state index in [1.807, 2.05) is 29.2 Å². The Hall–Kier alpha value is -2.69. The first-order valence-electron chi connectivity index (χ1n) is 8.60. The lowest BCUT2D eigenvalue weighted by molar-refractivity contribution is 0.200. The van der Waals surface area contributed by atoms with Crippen LogP contribution in [0.2, 0.25) is 0 Å². The van der Waals surface area contributed by atoms with Crippen LogP contribution in [0, 0.1) is 6.92 Å². The number of nitrogens with one attached hydrogen (secondary N) is 1. The summed E-state index contributed by atoms with van der Waals surface area (Å²) in [5, 5.41) is 2.96. The molecule has 1 unspecified atom stereocenters. The van der Waals surface area contributed by atoms with Gasteiger partial charge in [0, 0.05) is 37.1 Å². The average Bonchev–Trinajstić information content (AvgIpc) is 2.62. The maximum atomic E-state index is 12.5. The van der Waals surface area contributed by atoms with Crippen LogP contribution in [0.5, 0.6) is 5.75 Å². The van der Waals surface area contributed by atoms with Crippen LogP contribution < -0.4 is 15.0 Å². The van der Waals surface area contributed by atoms with Gasteiger partial charge in [0.1, 0.15) is 5.75 Å². The van der Waals surface area contributed by atoms with Crippen molar-refractivity contribution in [2.24, 2.45) is 0 Å². The predicted octanol–water partition coefficient (Wildman–Crippen LogP) is 3.75. The van der Waals surface area contributed by atoms with E-state index in [4.69, 9.17) is 4.74 Å². The minimum atomic E-state index is -0.0547. The molecule has 1 N–H and O–H groups in total. The second kappa shape index (κ2) is 7.47. The number of nitrogens with zero attached hydrogens (tertiary/aromatic N) is 2. The molecule has 132 valence electrons. The summed E-state index contributed by atoms with van der Waals surface area (Å²) >= 11 is 0. The molecular weight excluding hydrogens is 314 g/mol. The standard InChI is InChI=1S/C20H25N3O2/c1-15-5-4-6-18(13-15)23-12-11-22(14-16(23)2)20(24)21-17-7-9-19(25-3)10-8-17/h4-10,13,16H,11-12,14H2,1-3H3,(H,21,24). The third kappa shape index (κ3) is 4.05. The molecule has 1 aliphatic heterocycles. The van der Waals surface area contributed by atoms with Crippen molar-refractivity contribution in [3.8, 4) is 5.75 Å². The molecule has 25 heavy (non-hydrogen) atoms. The molecular formula is C20H25N3O2. The number of carbonyl (C=O) groups excluding carboxylic acids is 1.